The molecule has 0 aliphatic heterocycles. The maximum Gasteiger partial charge on any atom is 0.304 e. The van der Waals surface area contributed by atoms with Crippen LogP contribution in [0.25, 0.3) is 0 Å². The molecule has 6 heteroatoms. The van der Waals surface area contributed by atoms with Crippen molar-refractivity contribution < 1.29 is 13.7 Å². The summed E-state index contributed by atoms with van der Waals surface area (Å²) >= 11 is 1.21. The van der Waals surface area contributed by atoms with E-state index in [2.05, 4.69) is 0 Å². The Kier molecular flexibility index (Phi) is 4.11. The van der Waals surface area contributed by atoms with Gasteiger partial charge in [-0.1, -0.05) is 18.2 Å². The average Bonchev–Trinajstić information content (AvgIpc) is 2.37. The van der Waals surface area contributed by atoms with Crippen LogP contribution in [0.5, 0.6) is 0 Å². The van der Waals surface area contributed by atoms with Crippen LogP contribution in [-0.2, 0) is 5.75 Å². The van der Waals surface area contributed by atoms with Crippen molar-refractivity contribution >= 4 is 17.4 Å². The summed E-state index contributed by atoms with van der Waals surface area (Å²) in [6, 6.07) is 9.96. The summed E-state index contributed by atoms with van der Waals surface area (Å²) in [4.78, 5) is 10.2. The van der Waals surface area contributed by atoms with E-state index in [1.54, 1.807) is 18.2 Å². The first-order valence-electron chi connectivity index (χ1n) is 5.38. The minimum Gasteiger partial charge on any atom is -0.258 e. The molecule has 0 saturated carbocycles. The summed E-state index contributed by atoms with van der Waals surface area (Å²) in [6.07, 6.45) is 0. The van der Waals surface area contributed by atoms with Gasteiger partial charge in [0.15, 0.2) is 0 Å². The first kappa shape index (κ1) is 13.5. The SMILES string of the molecule is O=[N+]([O-])c1ccc(CSc2ccccc2F)cc1F. The average molecular weight is 281 g/mol. The fourth-order valence-corrected chi connectivity index (χ4v) is 2.39. The minimum absolute atomic E-state index is 0.338. The highest BCUT2D eigenvalue weighted by Crippen LogP contribution is 2.27. The van der Waals surface area contributed by atoms with Gasteiger partial charge in [0.1, 0.15) is 5.82 Å². The number of rotatable bonds is 4. The first-order chi connectivity index (χ1) is 9.08. The van der Waals surface area contributed by atoms with E-state index in [0.717, 1.165) is 12.1 Å². The molecule has 0 aliphatic rings. The molecule has 19 heavy (non-hydrogen) atoms. The standard InChI is InChI=1S/C13H9F2NO2S/c14-10-3-1-2-4-13(10)19-8-9-5-6-12(16(17)18)11(15)7-9/h1-7H,8H2. The smallest absolute Gasteiger partial charge is 0.258 e. The van der Waals surface area contributed by atoms with Crippen molar-refractivity contribution in [3.8, 4) is 0 Å². The fraction of sp³-hybridized carbons (Fsp3) is 0.0769. The van der Waals surface area contributed by atoms with Gasteiger partial charge in [-0.2, -0.15) is 4.39 Å². The third-order valence-electron chi connectivity index (χ3n) is 2.44. The second-order valence-electron chi connectivity index (χ2n) is 3.76. The summed E-state index contributed by atoms with van der Waals surface area (Å²) in [7, 11) is 0. The molecule has 0 spiro atoms. The Morgan fingerprint density at radius 3 is 2.47 bits per heavy atom. The minimum atomic E-state index is -0.878. The number of hydrogen-bond acceptors (Lipinski definition) is 3. The van der Waals surface area contributed by atoms with E-state index in [1.807, 2.05) is 0 Å². The van der Waals surface area contributed by atoms with Gasteiger partial charge in [-0.05, 0) is 23.8 Å². The molecule has 0 radical (unpaired) electrons. The zero-order valence-electron chi connectivity index (χ0n) is 9.68. The monoisotopic (exact) mass is 281 g/mol. The number of hydrogen-bond donors (Lipinski definition) is 0. The lowest BCUT2D eigenvalue weighted by molar-refractivity contribution is -0.387. The van der Waals surface area contributed by atoms with Crippen LogP contribution in [0.15, 0.2) is 47.4 Å². The lowest BCUT2D eigenvalue weighted by Crippen LogP contribution is -1.93. The van der Waals surface area contributed by atoms with Crippen LogP contribution in [0, 0.1) is 21.7 Å². The van der Waals surface area contributed by atoms with Gasteiger partial charge >= 0.3 is 5.69 Å². The maximum absolute atomic E-state index is 13.4. The van der Waals surface area contributed by atoms with Gasteiger partial charge in [0.05, 0.1) is 4.92 Å². The number of nitro groups is 1. The van der Waals surface area contributed by atoms with Crippen LogP contribution in [0.3, 0.4) is 0 Å². The van der Waals surface area contributed by atoms with Crippen LogP contribution < -0.4 is 0 Å². The van der Waals surface area contributed by atoms with Crippen molar-refractivity contribution in [2.45, 2.75) is 10.6 Å². The molecular weight excluding hydrogens is 272 g/mol. The Hall–Kier alpha value is -1.95. The fourth-order valence-electron chi connectivity index (χ4n) is 1.51. The quantitative estimate of drug-likeness (QED) is 0.480. The summed E-state index contributed by atoms with van der Waals surface area (Å²) in [5.74, 6) is -0.873. The number of nitro benzene ring substituents is 1. The molecule has 0 bridgehead atoms. The van der Waals surface area contributed by atoms with Gasteiger partial charge in [-0.3, -0.25) is 10.1 Å². The highest BCUT2D eigenvalue weighted by molar-refractivity contribution is 7.98. The van der Waals surface area contributed by atoms with Crippen LogP contribution in [0.4, 0.5) is 14.5 Å². The summed E-state index contributed by atoms with van der Waals surface area (Å²) in [6.45, 7) is 0. The lowest BCUT2D eigenvalue weighted by atomic mass is 10.2. The van der Waals surface area contributed by atoms with Gasteiger partial charge in [0.2, 0.25) is 5.82 Å². The zero-order chi connectivity index (χ0) is 13.8. The molecule has 0 unspecified atom stereocenters. The van der Waals surface area contributed by atoms with E-state index in [-0.39, 0.29) is 5.82 Å². The van der Waals surface area contributed by atoms with Gasteiger partial charge in [0.25, 0.3) is 0 Å². The predicted molar refractivity (Wildman–Crippen MR) is 69.0 cm³/mol. The number of thioether (sulfide) groups is 1. The molecule has 2 aromatic rings. The Morgan fingerprint density at radius 2 is 1.84 bits per heavy atom. The maximum atomic E-state index is 13.4. The topological polar surface area (TPSA) is 43.1 Å². The lowest BCUT2D eigenvalue weighted by Gasteiger charge is -2.03. The molecule has 2 rings (SSSR count). The van der Waals surface area contributed by atoms with Crippen LogP contribution in [0.1, 0.15) is 5.56 Å². The Bertz CT molecular complexity index is 619. The number of nitrogens with zero attached hydrogens (tertiary/aromatic N) is 1. The molecule has 0 heterocycles. The van der Waals surface area contributed by atoms with Crippen LogP contribution in [-0.4, -0.2) is 4.92 Å². The molecule has 0 fully saturated rings. The third kappa shape index (κ3) is 3.29. The molecule has 2 aromatic carbocycles. The van der Waals surface area contributed by atoms with Gasteiger partial charge in [0, 0.05) is 16.7 Å². The van der Waals surface area contributed by atoms with E-state index >= 15 is 0 Å². The first-order valence-corrected chi connectivity index (χ1v) is 6.36. The second-order valence-corrected chi connectivity index (χ2v) is 4.78. The number of benzene rings is 2. The van der Waals surface area contributed by atoms with Crippen molar-refractivity contribution in [1.82, 2.24) is 0 Å². The van der Waals surface area contributed by atoms with E-state index in [1.165, 1.54) is 23.9 Å². The van der Waals surface area contributed by atoms with Gasteiger partial charge in [-0.25, -0.2) is 4.39 Å². The highest BCUT2D eigenvalue weighted by Gasteiger charge is 2.13. The molecule has 0 saturated heterocycles. The molecule has 0 aromatic heterocycles. The normalized spacial score (nSPS) is 10.4. The molecule has 3 nitrogen and oxygen atoms in total. The Balaban J connectivity index is 2.11. The second kappa shape index (κ2) is 5.79. The van der Waals surface area contributed by atoms with E-state index in [4.69, 9.17) is 0 Å². The van der Waals surface area contributed by atoms with Crippen molar-refractivity contribution in [3.63, 3.8) is 0 Å². The van der Waals surface area contributed by atoms with Crippen molar-refractivity contribution in [3.05, 3.63) is 69.8 Å². The summed E-state index contributed by atoms with van der Waals surface area (Å²) < 4.78 is 26.7. The third-order valence-corrected chi connectivity index (χ3v) is 3.56. The number of halogens is 2. The Morgan fingerprint density at radius 1 is 1.11 bits per heavy atom. The van der Waals surface area contributed by atoms with E-state index in [9.17, 15) is 18.9 Å². The highest BCUT2D eigenvalue weighted by atomic mass is 32.2. The van der Waals surface area contributed by atoms with Crippen LogP contribution >= 0.6 is 11.8 Å². The molecule has 0 amide bonds. The summed E-state index contributed by atoms with van der Waals surface area (Å²) in [5, 5.41) is 10.5. The molecular formula is C13H9F2NO2S. The Labute approximate surface area is 112 Å². The van der Waals surface area contributed by atoms with Crippen molar-refractivity contribution in [2.75, 3.05) is 0 Å². The van der Waals surface area contributed by atoms with E-state index < -0.39 is 16.4 Å². The molecule has 0 aliphatic carbocycles. The largest absolute Gasteiger partial charge is 0.304 e. The van der Waals surface area contributed by atoms with Gasteiger partial charge < -0.3 is 0 Å². The van der Waals surface area contributed by atoms with Crippen molar-refractivity contribution in [2.24, 2.45) is 0 Å². The molecule has 98 valence electrons. The van der Waals surface area contributed by atoms with Crippen molar-refractivity contribution in [1.29, 1.82) is 0 Å². The molecule has 0 atom stereocenters. The van der Waals surface area contributed by atoms with Gasteiger partial charge in [-0.15, -0.1) is 11.8 Å². The molecule has 0 N–H and O–H groups in total. The predicted octanol–water partition coefficient (Wildman–Crippen LogP) is 4.17. The zero-order valence-corrected chi connectivity index (χ0v) is 10.5. The summed E-state index contributed by atoms with van der Waals surface area (Å²) in [5.41, 5.74) is 0.0102. The van der Waals surface area contributed by atoms with E-state index in [0.29, 0.717) is 16.2 Å². The van der Waals surface area contributed by atoms with Crippen LogP contribution in [0.2, 0.25) is 0 Å².